The maximum Gasteiger partial charge on any atom is 0.221 e. The van der Waals surface area contributed by atoms with Crippen molar-refractivity contribution in [2.75, 3.05) is 10.6 Å². The molecule has 0 aliphatic rings. The summed E-state index contributed by atoms with van der Waals surface area (Å²) in [5.41, 5.74) is 1.81. The van der Waals surface area contributed by atoms with E-state index in [0.717, 1.165) is 11.4 Å². The second-order valence-electron chi connectivity index (χ2n) is 3.80. The maximum atomic E-state index is 10.9. The number of amides is 1. The standard InChI is InChI=1S/C13H11N5O/c1-9(19)15-10-2-4-11(5-3-10)16-13-7-6-12(8-14)17-18-13/h2-7H,1H3,(H,15,19)(H,16,18). The molecule has 2 aromatic rings. The molecule has 94 valence electrons. The van der Waals surface area contributed by atoms with Crippen molar-refractivity contribution in [1.82, 2.24) is 10.2 Å². The van der Waals surface area contributed by atoms with Crippen LogP contribution >= 0.6 is 0 Å². The first-order valence-corrected chi connectivity index (χ1v) is 5.56. The van der Waals surface area contributed by atoms with E-state index in [1.54, 1.807) is 24.3 Å². The van der Waals surface area contributed by atoms with Crippen LogP contribution in [0, 0.1) is 11.3 Å². The van der Waals surface area contributed by atoms with Crippen LogP contribution in [0.15, 0.2) is 36.4 Å². The molecule has 2 N–H and O–H groups in total. The molecule has 6 nitrogen and oxygen atoms in total. The summed E-state index contributed by atoms with van der Waals surface area (Å²) in [6, 6.07) is 12.3. The lowest BCUT2D eigenvalue weighted by Gasteiger charge is -2.06. The minimum Gasteiger partial charge on any atom is -0.339 e. The summed E-state index contributed by atoms with van der Waals surface area (Å²) in [7, 11) is 0. The number of hydrogen-bond acceptors (Lipinski definition) is 5. The molecule has 0 unspecified atom stereocenters. The first kappa shape index (κ1) is 12.5. The molecule has 1 amide bonds. The lowest BCUT2D eigenvalue weighted by molar-refractivity contribution is -0.114. The molecule has 0 saturated carbocycles. The predicted molar refractivity (Wildman–Crippen MR) is 70.8 cm³/mol. The van der Waals surface area contributed by atoms with E-state index < -0.39 is 0 Å². The lowest BCUT2D eigenvalue weighted by atomic mass is 10.2. The Labute approximate surface area is 110 Å². The van der Waals surface area contributed by atoms with E-state index in [0.29, 0.717) is 5.82 Å². The highest BCUT2D eigenvalue weighted by Gasteiger charge is 1.99. The number of carbonyl (C=O) groups excluding carboxylic acids is 1. The van der Waals surface area contributed by atoms with Crippen LogP contribution in [0.5, 0.6) is 0 Å². The van der Waals surface area contributed by atoms with Crippen LogP contribution in [-0.2, 0) is 4.79 Å². The Morgan fingerprint density at radius 2 is 1.79 bits per heavy atom. The number of anilines is 3. The predicted octanol–water partition coefficient (Wildman–Crippen LogP) is 2.05. The van der Waals surface area contributed by atoms with E-state index in [1.165, 1.54) is 6.92 Å². The van der Waals surface area contributed by atoms with E-state index in [4.69, 9.17) is 5.26 Å². The molecule has 1 aromatic carbocycles. The molecule has 0 saturated heterocycles. The van der Waals surface area contributed by atoms with Crippen molar-refractivity contribution in [3.8, 4) is 6.07 Å². The van der Waals surface area contributed by atoms with Gasteiger partial charge in [-0.25, -0.2) is 0 Å². The third-order valence-corrected chi connectivity index (χ3v) is 2.26. The molecule has 1 aromatic heterocycles. The largest absolute Gasteiger partial charge is 0.339 e. The fraction of sp³-hybridized carbons (Fsp3) is 0.0769. The van der Waals surface area contributed by atoms with Crippen molar-refractivity contribution in [2.45, 2.75) is 6.92 Å². The van der Waals surface area contributed by atoms with Crippen molar-refractivity contribution >= 4 is 23.1 Å². The second kappa shape index (κ2) is 5.60. The van der Waals surface area contributed by atoms with Gasteiger partial charge in [-0.1, -0.05) is 0 Å². The number of aromatic nitrogens is 2. The van der Waals surface area contributed by atoms with Crippen molar-refractivity contribution < 1.29 is 4.79 Å². The van der Waals surface area contributed by atoms with E-state index >= 15 is 0 Å². The summed E-state index contributed by atoms with van der Waals surface area (Å²) < 4.78 is 0. The molecule has 19 heavy (non-hydrogen) atoms. The minimum atomic E-state index is -0.112. The van der Waals surface area contributed by atoms with Crippen LogP contribution in [0.25, 0.3) is 0 Å². The molecule has 6 heteroatoms. The molecule has 0 aliphatic heterocycles. The average molecular weight is 253 g/mol. The Hall–Kier alpha value is -2.94. The van der Waals surface area contributed by atoms with Gasteiger partial charge in [0.25, 0.3) is 0 Å². The van der Waals surface area contributed by atoms with E-state index in [-0.39, 0.29) is 11.6 Å². The van der Waals surface area contributed by atoms with E-state index in [9.17, 15) is 4.79 Å². The smallest absolute Gasteiger partial charge is 0.221 e. The van der Waals surface area contributed by atoms with Gasteiger partial charge < -0.3 is 10.6 Å². The topological polar surface area (TPSA) is 90.7 Å². The van der Waals surface area contributed by atoms with Crippen molar-refractivity contribution in [3.05, 3.63) is 42.1 Å². The van der Waals surface area contributed by atoms with E-state index in [1.807, 2.05) is 18.2 Å². The molecule has 0 radical (unpaired) electrons. The summed E-state index contributed by atoms with van der Waals surface area (Å²) in [6.07, 6.45) is 0. The quantitative estimate of drug-likeness (QED) is 0.873. The zero-order valence-corrected chi connectivity index (χ0v) is 10.2. The summed E-state index contributed by atoms with van der Waals surface area (Å²) in [5, 5.41) is 21.9. The lowest BCUT2D eigenvalue weighted by Crippen LogP contribution is -2.05. The zero-order valence-electron chi connectivity index (χ0n) is 10.2. The highest BCUT2D eigenvalue weighted by Crippen LogP contribution is 2.17. The average Bonchev–Trinajstić information content (AvgIpc) is 2.41. The minimum absolute atomic E-state index is 0.112. The maximum absolute atomic E-state index is 10.9. The fourth-order valence-electron chi connectivity index (χ4n) is 1.45. The van der Waals surface area contributed by atoms with Crippen LogP contribution < -0.4 is 10.6 Å². The summed E-state index contributed by atoms with van der Waals surface area (Å²) >= 11 is 0. The van der Waals surface area contributed by atoms with Crippen molar-refractivity contribution in [3.63, 3.8) is 0 Å². The summed E-state index contributed by atoms with van der Waals surface area (Å²) in [6.45, 7) is 1.46. The number of nitrogens with one attached hydrogen (secondary N) is 2. The van der Waals surface area contributed by atoms with Gasteiger partial charge in [0.2, 0.25) is 5.91 Å². The molecule has 0 aliphatic carbocycles. The van der Waals surface area contributed by atoms with Gasteiger partial charge in [0.15, 0.2) is 11.5 Å². The first-order valence-electron chi connectivity index (χ1n) is 5.56. The van der Waals surface area contributed by atoms with Crippen LogP contribution in [0.3, 0.4) is 0 Å². The van der Waals surface area contributed by atoms with Crippen LogP contribution in [0.2, 0.25) is 0 Å². The van der Waals surface area contributed by atoms with Crippen LogP contribution in [0.4, 0.5) is 17.2 Å². The number of rotatable bonds is 3. The Balaban J connectivity index is 2.06. The Morgan fingerprint density at radius 3 is 2.32 bits per heavy atom. The van der Waals surface area contributed by atoms with Gasteiger partial charge in [0, 0.05) is 18.3 Å². The van der Waals surface area contributed by atoms with Gasteiger partial charge in [0.05, 0.1) is 0 Å². The van der Waals surface area contributed by atoms with Gasteiger partial charge in [-0.3, -0.25) is 4.79 Å². The van der Waals surface area contributed by atoms with Gasteiger partial charge in [-0.2, -0.15) is 5.26 Å². The Bertz CT molecular complexity index is 613. The molecule has 0 atom stereocenters. The Morgan fingerprint density at radius 1 is 1.11 bits per heavy atom. The molecular weight excluding hydrogens is 242 g/mol. The third-order valence-electron chi connectivity index (χ3n) is 2.26. The SMILES string of the molecule is CC(=O)Nc1ccc(Nc2ccc(C#N)nn2)cc1. The second-order valence-corrected chi connectivity index (χ2v) is 3.80. The number of nitrogens with zero attached hydrogens (tertiary/aromatic N) is 3. The Kier molecular flexibility index (Phi) is 3.69. The van der Waals surface area contributed by atoms with Gasteiger partial charge in [-0.15, -0.1) is 10.2 Å². The molecule has 0 fully saturated rings. The summed E-state index contributed by atoms with van der Waals surface area (Å²) in [4.78, 5) is 10.9. The van der Waals surface area contributed by atoms with Gasteiger partial charge in [-0.05, 0) is 36.4 Å². The monoisotopic (exact) mass is 253 g/mol. The first-order chi connectivity index (χ1) is 9.17. The van der Waals surface area contributed by atoms with Crippen molar-refractivity contribution in [1.29, 1.82) is 5.26 Å². The number of hydrogen-bond donors (Lipinski definition) is 2. The number of benzene rings is 1. The highest BCUT2D eigenvalue weighted by molar-refractivity contribution is 5.88. The third kappa shape index (κ3) is 3.51. The normalized spacial score (nSPS) is 9.47. The number of carbonyl (C=O) groups is 1. The van der Waals surface area contributed by atoms with Crippen molar-refractivity contribution in [2.24, 2.45) is 0 Å². The molecular formula is C13H11N5O. The van der Waals surface area contributed by atoms with Crippen LogP contribution in [-0.4, -0.2) is 16.1 Å². The molecule has 1 heterocycles. The highest BCUT2D eigenvalue weighted by atomic mass is 16.1. The molecule has 2 rings (SSSR count). The van der Waals surface area contributed by atoms with E-state index in [2.05, 4.69) is 20.8 Å². The van der Waals surface area contributed by atoms with Gasteiger partial charge >= 0.3 is 0 Å². The molecule has 0 bridgehead atoms. The fourth-order valence-corrected chi connectivity index (χ4v) is 1.45. The number of nitriles is 1. The van der Waals surface area contributed by atoms with Crippen LogP contribution in [0.1, 0.15) is 12.6 Å². The molecule has 0 spiro atoms. The summed E-state index contributed by atoms with van der Waals surface area (Å²) in [5.74, 6) is 0.435. The zero-order chi connectivity index (χ0) is 13.7. The van der Waals surface area contributed by atoms with Gasteiger partial charge in [0.1, 0.15) is 6.07 Å².